The zero-order chi connectivity index (χ0) is 18.4. The fourth-order valence-corrected chi connectivity index (χ4v) is 3.81. The molecule has 26 heavy (non-hydrogen) atoms. The van der Waals surface area contributed by atoms with Gasteiger partial charge in [-0.1, -0.05) is 30.3 Å². The maximum atomic E-state index is 5.55. The smallest absolute Gasteiger partial charge is 0.191 e. The largest absolute Gasteiger partial charge is 0.379 e. The van der Waals surface area contributed by atoms with Crippen LogP contribution in [0.5, 0.6) is 0 Å². The van der Waals surface area contributed by atoms with Crippen molar-refractivity contribution in [2.24, 2.45) is 4.99 Å². The summed E-state index contributed by atoms with van der Waals surface area (Å²) in [7, 11) is 0. The van der Waals surface area contributed by atoms with Gasteiger partial charge in [-0.25, -0.2) is 0 Å². The Morgan fingerprint density at radius 2 is 2.08 bits per heavy atom. The second-order valence-electron chi connectivity index (χ2n) is 7.73. The van der Waals surface area contributed by atoms with Crippen molar-refractivity contribution in [3.63, 3.8) is 0 Å². The summed E-state index contributed by atoms with van der Waals surface area (Å²) in [6.07, 6.45) is 2.48. The Morgan fingerprint density at radius 1 is 1.31 bits per heavy atom. The van der Waals surface area contributed by atoms with E-state index >= 15 is 0 Å². The Morgan fingerprint density at radius 3 is 2.73 bits per heavy atom. The third kappa shape index (κ3) is 4.77. The van der Waals surface area contributed by atoms with Crippen LogP contribution in [0.2, 0.25) is 0 Å². The standard InChI is InChI=1S/C21H34N4O/c1-4-22-20(23-14-17(2)25-12-13-26-15-18(25)3)24-16-21(10-11-21)19-8-6-5-7-9-19/h5-9,17-18H,4,10-16H2,1-3H3,(H2,22,23,24). The SMILES string of the molecule is CCNC(=NCC1(c2ccccc2)CC1)NCC(C)N1CCOCC1C. The van der Waals surface area contributed by atoms with E-state index < -0.39 is 0 Å². The molecule has 1 saturated heterocycles. The molecule has 144 valence electrons. The van der Waals surface area contributed by atoms with E-state index in [2.05, 4.69) is 66.6 Å². The van der Waals surface area contributed by atoms with E-state index in [-0.39, 0.29) is 5.41 Å². The summed E-state index contributed by atoms with van der Waals surface area (Å²) in [6.45, 7) is 12.0. The van der Waals surface area contributed by atoms with Gasteiger partial charge < -0.3 is 15.4 Å². The van der Waals surface area contributed by atoms with Gasteiger partial charge in [0, 0.05) is 37.1 Å². The molecule has 1 saturated carbocycles. The molecule has 1 aromatic carbocycles. The summed E-state index contributed by atoms with van der Waals surface area (Å²) in [5.74, 6) is 0.933. The molecule has 2 unspecified atom stereocenters. The van der Waals surface area contributed by atoms with Crippen LogP contribution < -0.4 is 10.6 Å². The predicted molar refractivity (Wildman–Crippen MR) is 108 cm³/mol. The lowest BCUT2D eigenvalue weighted by Crippen LogP contribution is -2.53. The second kappa shape index (κ2) is 8.87. The quantitative estimate of drug-likeness (QED) is 0.580. The van der Waals surface area contributed by atoms with Gasteiger partial charge in [0.05, 0.1) is 19.8 Å². The molecule has 5 heteroatoms. The van der Waals surface area contributed by atoms with Crippen molar-refractivity contribution in [2.75, 3.05) is 39.4 Å². The molecule has 3 rings (SSSR count). The minimum atomic E-state index is 0.258. The highest BCUT2D eigenvalue weighted by atomic mass is 16.5. The maximum Gasteiger partial charge on any atom is 0.191 e. The first kappa shape index (κ1) is 19.2. The Labute approximate surface area is 158 Å². The van der Waals surface area contributed by atoms with Gasteiger partial charge in [0.2, 0.25) is 0 Å². The summed E-state index contributed by atoms with van der Waals surface area (Å²) in [5.41, 5.74) is 1.68. The van der Waals surface area contributed by atoms with E-state index in [0.29, 0.717) is 12.1 Å². The average molecular weight is 359 g/mol. The first-order valence-corrected chi connectivity index (χ1v) is 10.1. The van der Waals surface area contributed by atoms with E-state index in [1.165, 1.54) is 18.4 Å². The fraction of sp³-hybridized carbons (Fsp3) is 0.667. The van der Waals surface area contributed by atoms with Crippen LogP contribution in [0.15, 0.2) is 35.3 Å². The molecule has 2 aliphatic rings. The van der Waals surface area contributed by atoms with Gasteiger partial charge in [0.15, 0.2) is 5.96 Å². The summed E-state index contributed by atoms with van der Waals surface area (Å²) < 4.78 is 5.55. The maximum absolute atomic E-state index is 5.55. The number of guanidine groups is 1. The molecule has 1 aliphatic heterocycles. The van der Waals surface area contributed by atoms with Gasteiger partial charge in [-0.3, -0.25) is 9.89 Å². The number of ether oxygens (including phenoxy) is 1. The molecule has 1 aliphatic carbocycles. The number of hydrogen-bond acceptors (Lipinski definition) is 3. The molecule has 0 spiro atoms. The Balaban J connectivity index is 1.56. The summed E-state index contributed by atoms with van der Waals surface area (Å²) in [5, 5.41) is 6.95. The molecule has 2 N–H and O–H groups in total. The Kier molecular flexibility index (Phi) is 6.54. The Bertz CT molecular complexity index is 585. The van der Waals surface area contributed by atoms with Crippen molar-refractivity contribution in [1.82, 2.24) is 15.5 Å². The van der Waals surface area contributed by atoms with E-state index in [4.69, 9.17) is 9.73 Å². The number of benzene rings is 1. The first-order valence-electron chi connectivity index (χ1n) is 10.1. The van der Waals surface area contributed by atoms with Gasteiger partial charge >= 0.3 is 0 Å². The first-order chi connectivity index (χ1) is 12.6. The topological polar surface area (TPSA) is 48.9 Å². The number of morpholine rings is 1. The van der Waals surface area contributed by atoms with Crippen LogP contribution >= 0.6 is 0 Å². The molecule has 5 nitrogen and oxygen atoms in total. The number of rotatable bonds is 7. The summed E-state index contributed by atoms with van der Waals surface area (Å²) >= 11 is 0. The minimum Gasteiger partial charge on any atom is -0.379 e. The van der Waals surface area contributed by atoms with Crippen molar-refractivity contribution in [3.8, 4) is 0 Å². The second-order valence-corrected chi connectivity index (χ2v) is 7.73. The van der Waals surface area contributed by atoms with Gasteiger partial charge in [-0.15, -0.1) is 0 Å². The molecule has 0 radical (unpaired) electrons. The van der Waals surface area contributed by atoms with Crippen LogP contribution in [0.1, 0.15) is 39.2 Å². The molecular weight excluding hydrogens is 324 g/mol. The fourth-order valence-electron chi connectivity index (χ4n) is 3.81. The third-order valence-electron chi connectivity index (χ3n) is 5.67. The molecule has 2 atom stereocenters. The van der Waals surface area contributed by atoms with Crippen molar-refractivity contribution < 1.29 is 4.74 Å². The Hall–Kier alpha value is -1.59. The zero-order valence-electron chi connectivity index (χ0n) is 16.5. The van der Waals surface area contributed by atoms with E-state index in [1.807, 2.05) is 0 Å². The molecule has 1 aromatic rings. The van der Waals surface area contributed by atoms with Gasteiger partial charge in [-0.05, 0) is 39.2 Å². The lowest BCUT2D eigenvalue weighted by Gasteiger charge is -2.38. The number of nitrogens with zero attached hydrogens (tertiary/aromatic N) is 2. The van der Waals surface area contributed by atoms with Crippen LogP contribution in [-0.2, 0) is 10.2 Å². The van der Waals surface area contributed by atoms with Crippen molar-refractivity contribution in [3.05, 3.63) is 35.9 Å². The van der Waals surface area contributed by atoms with Crippen molar-refractivity contribution in [1.29, 1.82) is 0 Å². The van der Waals surface area contributed by atoms with Crippen LogP contribution in [0, 0.1) is 0 Å². The normalized spacial score (nSPS) is 24.1. The van der Waals surface area contributed by atoms with E-state index in [0.717, 1.165) is 45.4 Å². The average Bonchev–Trinajstić information content (AvgIpc) is 3.46. The molecule has 1 heterocycles. The highest BCUT2D eigenvalue weighted by molar-refractivity contribution is 5.79. The van der Waals surface area contributed by atoms with Crippen molar-refractivity contribution in [2.45, 2.75) is 51.1 Å². The highest BCUT2D eigenvalue weighted by Crippen LogP contribution is 2.48. The van der Waals surface area contributed by atoms with E-state index in [1.54, 1.807) is 0 Å². The van der Waals surface area contributed by atoms with E-state index in [9.17, 15) is 0 Å². The molecule has 2 fully saturated rings. The number of hydrogen-bond donors (Lipinski definition) is 2. The summed E-state index contributed by atoms with van der Waals surface area (Å²) in [4.78, 5) is 7.43. The van der Waals surface area contributed by atoms with Crippen LogP contribution in [-0.4, -0.2) is 62.3 Å². The van der Waals surface area contributed by atoms with Gasteiger partial charge in [0.25, 0.3) is 0 Å². The number of nitrogens with one attached hydrogen (secondary N) is 2. The zero-order valence-corrected chi connectivity index (χ0v) is 16.5. The monoisotopic (exact) mass is 358 g/mol. The summed E-state index contributed by atoms with van der Waals surface area (Å²) in [6, 6.07) is 11.8. The highest BCUT2D eigenvalue weighted by Gasteiger charge is 2.44. The molecule has 0 aromatic heterocycles. The van der Waals surface area contributed by atoms with Crippen LogP contribution in [0.4, 0.5) is 0 Å². The lowest BCUT2D eigenvalue weighted by atomic mass is 9.96. The van der Waals surface area contributed by atoms with Crippen LogP contribution in [0.3, 0.4) is 0 Å². The van der Waals surface area contributed by atoms with Crippen LogP contribution in [0.25, 0.3) is 0 Å². The minimum absolute atomic E-state index is 0.258. The van der Waals surface area contributed by atoms with Gasteiger partial charge in [-0.2, -0.15) is 0 Å². The molecule has 0 amide bonds. The molecule has 0 bridgehead atoms. The lowest BCUT2D eigenvalue weighted by molar-refractivity contribution is -0.0174. The third-order valence-corrected chi connectivity index (χ3v) is 5.67. The molecular formula is C21H34N4O. The van der Waals surface area contributed by atoms with Crippen molar-refractivity contribution >= 4 is 5.96 Å². The van der Waals surface area contributed by atoms with Gasteiger partial charge in [0.1, 0.15) is 0 Å². The predicted octanol–water partition coefficient (Wildman–Crippen LogP) is 2.38. The number of aliphatic imine (C=N–C) groups is 1.